The van der Waals surface area contributed by atoms with Gasteiger partial charge in [-0.2, -0.15) is 0 Å². The van der Waals surface area contributed by atoms with Gasteiger partial charge in [-0.1, -0.05) is 37.1 Å². The summed E-state index contributed by atoms with van der Waals surface area (Å²) in [7, 11) is 0. The molecule has 0 bridgehead atoms. The first-order chi connectivity index (χ1) is 5.48. The van der Waals surface area contributed by atoms with Crippen molar-refractivity contribution in [2.45, 2.75) is 39.0 Å². The summed E-state index contributed by atoms with van der Waals surface area (Å²) in [5.41, 5.74) is 2.70. The molecule has 1 rings (SSSR count). The fourth-order valence-corrected chi connectivity index (χ4v) is 1.64. The molecule has 0 spiro atoms. The highest BCUT2D eigenvalue weighted by molar-refractivity contribution is 6.26. The molecule has 0 aromatic carbocycles. The van der Waals surface area contributed by atoms with Gasteiger partial charge in [-0.25, -0.2) is 0 Å². The molecule has 0 nitrogen and oxygen atoms in total. The Kier molecular flexibility index (Phi) is 2.67. The number of alkyl halides is 1. The molecule has 1 aliphatic rings. The van der Waals surface area contributed by atoms with Gasteiger partial charge in [0.25, 0.3) is 0 Å². The standard InChI is InChI=1S/C11H17Cl/c1-5-10-6-8(2)11(4,12)9(3)7-10/h6-8H,5H2,1-4H3. The largest absolute Gasteiger partial charge is 0.114 e. The predicted molar refractivity (Wildman–Crippen MR) is 55.6 cm³/mol. The van der Waals surface area contributed by atoms with Crippen molar-refractivity contribution in [2.24, 2.45) is 5.92 Å². The summed E-state index contributed by atoms with van der Waals surface area (Å²) in [5, 5.41) is 0. The molecule has 2 unspecified atom stereocenters. The lowest BCUT2D eigenvalue weighted by Gasteiger charge is -2.32. The second-order valence-corrected chi connectivity index (χ2v) is 4.57. The van der Waals surface area contributed by atoms with Gasteiger partial charge in [0.1, 0.15) is 0 Å². The maximum atomic E-state index is 6.38. The van der Waals surface area contributed by atoms with Crippen molar-refractivity contribution >= 4 is 11.6 Å². The highest BCUT2D eigenvalue weighted by Crippen LogP contribution is 2.38. The summed E-state index contributed by atoms with van der Waals surface area (Å²) in [6.07, 6.45) is 5.60. The van der Waals surface area contributed by atoms with E-state index in [1.54, 1.807) is 0 Å². The first-order valence-electron chi connectivity index (χ1n) is 4.57. The van der Waals surface area contributed by atoms with Crippen LogP contribution in [-0.2, 0) is 0 Å². The SMILES string of the molecule is CCC1=CC(C)C(C)(Cl)C(C)=C1. The van der Waals surface area contributed by atoms with Crippen LogP contribution < -0.4 is 0 Å². The maximum Gasteiger partial charge on any atom is 0.0687 e. The minimum atomic E-state index is -0.168. The van der Waals surface area contributed by atoms with Crippen LogP contribution in [0, 0.1) is 5.92 Å². The van der Waals surface area contributed by atoms with E-state index >= 15 is 0 Å². The zero-order valence-corrected chi connectivity index (χ0v) is 9.07. The topological polar surface area (TPSA) is 0 Å². The molecule has 0 aromatic rings. The number of hydrogen-bond acceptors (Lipinski definition) is 0. The molecular weight excluding hydrogens is 168 g/mol. The van der Waals surface area contributed by atoms with Crippen molar-refractivity contribution in [3.05, 3.63) is 23.3 Å². The molecule has 0 fully saturated rings. The summed E-state index contributed by atoms with van der Waals surface area (Å²) in [5.74, 6) is 0.444. The van der Waals surface area contributed by atoms with E-state index in [9.17, 15) is 0 Å². The first-order valence-corrected chi connectivity index (χ1v) is 4.94. The maximum absolute atomic E-state index is 6.38. The van der Waals surface area contributed by atoms with Crippen LogP contribution in [0.15, 0.2) is 23.3 Å². The zero-order chi connectivity index (χ0) is 9.35. The van der Waals surface area contributed by atoms with Gasteiger partial charge >= 0.3 is 0 Å². The highest BCUT2D eigenvalue weighted by Gasteiger charge is 2.31. The molecule has 0 aromatic heterocycles. The van der Waals surface area contributed by atoms with E-state index in [1.807, 2.05) is 0 Å². The van der Waals surface area contributed by atoms with Gasteiger partial charge in [0.05, 0.1) is 4.87 Å². The lowest BCUT2D eigenvalue weighted by Crippen LogP contribution is -2.28. The minimum absolute atomic E-state index is 0.168. The first kappa shape index (κ1) is 9.85. The second-order valence-electron chi connectivity index (χ2n) is 3.79. The highest BCUT2D eigenvalue weighted by atomic mass is 35.5. The zero-order valence-electron chi connectivity index (χ0n) is 8.32. The normalized spacial score (nSPS) is 35.9. The second kappa shape index (κ2) is 3.26. The van der Waals surface area contributed by atoms with E-state index in [0.29, 0.717) is 5.92 Å². The molecule has 0 saturated heterocycles. The summed E-state index contributed by atoms with van der Waals surface area (Å²) < 4.78 is 0. The third-order valence-corrected chi connectivity index (χ3v) is 3.54. The van der Waals surface area contributed by atoms with Crippen molar-refractivity contribution in [3.63, 3.8) is 0 Å². The van der Waals surface area contributed by atoms with Crippen LogP contribution in [0.5, 0.6) is 0 Å². The van der Waals surface area contributed by atoms with E-state index in [-0.39, 0.29) is 4.87 Å². The minimum Gasteiger partial charge on any atom is -0.114 e. The van der Waals surface area contributed by atoms with Crippen molar-refractivity contribution in [1.82, 2.24) is 0 Å². The number of rotatable bonds is 1. The quantitative estimate of drug-likeness (QED) is 0.542. The van der Waals surface area contributed by atoms with Crippen LogP contribution >= 0.6 is 11.6 Å². The summed E-state index contributed by atoms with van der Waals surface area (Å²) >= 11 is 6.38. The van der Waals surface area contributed by atoms with E-state index in [1.165, 1.54) is 11.1 Å². The van der Waals surface area contributed by atoms with Gasteiger partial charge in [-0.05, 0) is 26.2 Å². The monoisotopic (exact) mass is 184 g/mol. The van der Waals surface area contributed by atoms with Crippen LogP contribution in [0.1, 0.15) is 34.1 Å². The Balaban J connectivity index is 2.97. The van der Waals surface area contributed by atoms with E-state index < -0.39 is 0 Å². The van der Waals surface area contributed by atoms with Crippen molar-refractivity contribution in [3.8, 4) is 0 Å². The molecule has 0 aliphatic heterocycles. The molecule has 1 aliphatic carbocycles. The molecule has 0 heterocycles. The Morgan fingerprint density at radius 3 is 2.58 bits per heavy atom. The Morgan fingerprint density at radius 1 is 1.58 bits per heavy atom. The summed E-state index contributed by atoms with van der Waals surface area (Å²) in [6.45, 7) is 8.57. The fourth-order valence-electron chi connectivity index (χ4n) is 1.52. The molecule has 68 valence electrons. The molecule has 0 radical (unpaired) electrons. The van der Waals surface area contributed by atoms with Gasteiger partial charge in [0.2, 0.25) is 0 Å². The van der Waals surface area contributed by atoms with Crippen LogP contribution in [-0.4, -0.2) is 4.87 Å². The molecular formula is C11H17Cl. The smallest absolute Gasteiger partial charge is 0.0687 e. The van der Waals surface area contributed by atoms with Gasteiger partial charge < -0.3 is 0 Å². The number of halogens is 1. The molecule has 0 saturated carbocycles. The van der Waals surface area contributed by atoms with Gasteiger partial charge in [-0.15, -0.1) is 11.6 Å². The average molecular weight is 185 g/mol. The molecule has 12 heavy (non-hydrogen) atoms. The van der Waals surface area contributed by atoms with Gasteiger partial charge in [0.15, 0.2) is 0 Å². The summed E-state index contributed by atoms with van der Waals surface area (Å²) in [6, 6.07) is 0. The third-order valence-electron chi connectivity index (χ3n) is 2.90. The van der Waals surface area contributed by atoms with E-state index in [0.717, 1.165) is 6.42 Å². The molecule has 1 heteroatoms. The van der Waals surface area contributed by atoms with Crippen LogP contribution in [0.4, 0.5) is 0 Å². The van der Waals surface area contributed by atoms with Crippen LogP contribution in [0.3, 0.4) is 0 Å². The Bertz CT molecular complexity index is 233. The van der Waals surface area contributed by atoms with Crippen molar-refractivity contribution < 1.29 is 0 Å². The van der Waals surface area contributed by atoms with E-state index in [2.05, 4.69) is 39.8 Å². The molecule has 0 N–H and O–H groups in total. The van der Waals surface area contributed by atoms with Crippen molar-refractivity contribution in [2.75, 3.05) is 0 Å². The third kappa shape index (κ3) is 1.59. The van der Waals surface area contributed by atoms with Crippen LogP contribution in [0.2, 0.25) is 0 Å². The van der Waals surface area contributed by atoms with Crippen LogP contribution in [0.25, 0.3) is 0 Å². The van der Waals surface area contributed by atoms with Crippen molar-refractivity contribution in [1.29, 1.82) is 0 Å². The van der Waals surface area contributed by atoms with E-state index in [4.69, 9.17) is 11.6 Å². The summed E-state index contributed by atoms with van der Waals surface area (Å²) in [4.78, 5) is -0.168. The van der Waals surface area contributed by atoms with Gasteiger partial charge in [0, 0.05) is 0 Å². The Morgan fingerprint density at radius 2 is 2.17 bits per heavy atom. The lowest BCUT2D eigenvalue weighted by molar-refractivity contribution is 0.554. The Labute approximate surface area is 80.3 Å². The Hall–Kier alpha value is -0.230. The van der Waals surface area contributed by atoms with Gasteiger partial charge in [-0.3, -0.25) is 0 Å². The average Bonchev–Trinajstić information content (AvgIpc) is 2.00. The molecule has 0 amide bonds. The lowest BCUT2D eigenvalue weighted by atomic mass is 9.81. The molecule has 2 atom stereocenters. The fraction of sp³-hybridized carbons (Fsp3) is 0.636. The number of allylic oxidation sites excluding steroid dienone is 4. The predicted octanol–water partition coefficient (Wildman–Crippen LogP) is 3.92. The number of hydrogen-bond donors (Lipinski definition) is 0.